The minimum atomic E-state index is 0.470. The Morgan fingerprint density at radius 3 is 2.54 bits per heavy atom. The van der Waals surface area contributed by atoms with E-state index in [1.54, 1.807) is 0 Å². The van der Waals surface area contributed by atoms with Crippen molar-refractivity contribution in [2.24, 2.45) is 23.5 Å². The zero-order valence-electron chi connectivity index (χ0n) is 8.54. The molecule has 1 saturated carbocycles. The highest BCUT2D eigenvalue weighted by Gasteiger charge is 2.38. The Hall–Kier alpha value is -0.0800. The van der Waals surface area contributed by atoms with Crippen LogP contribution in [0.25, 0.3) is 0 Å². The van der Waals surface area contributed by atoms with Gasteiger partial charge in [0, 0.05) is 19.3 Å². The van der Waals surface area contributed by atoms with Gasteiger partial charge in [-0.1, -0.05) is 6.92 Å². The first-order valence-corrected chi connectivity index (χ1v) is 5.60. The molecular formula is C11H21NO. The van der Waals surface area contributed by atoms with E-state index < -0.39 is 0 Å². The summed E-state index contributed by atoms with van der Waals surface area (Å²) < 4.78 is 5.34. The molecule has 3 unspecified atom stereocenters. The molecule has 2 rings (SSSR count). The van der Waals surface area contributed by atoms with Crippen LogP contribution in [0.3, 0.4) is 0 Å². The zero-order chi connectivity index (χ0) is 9.26. The molecule has 2 heteroatoms. The number of hydrogen-bond acceptors (Lipinski definition) is 2. The second-order valence-corrected chi connectivity index (χ2v) is 4.83. The predicted molar refractivity (Wildman–Crippen MR) is 53.4 cm³/mol. The summed E-state index contributed by atoms with van der Waals surface area (Å²) in [6.07, 6.45) is 5.06. The average molecular weight is 183 g/mol. The monoisotopic (exact) mass is 183 g/mol. The van der Waals surface area contributed by atoms with Crippen LogP contribution >= 0.6 is 0 Å². The van der Waals surface area contributed by atoms with E-state index in [4.69, 9.17) is 10.5 Å². The van der Waals surface area contributed by atoms with E-state index in [2.05, 4.69) is 6.92 Å². The highest BCUT2D eigenvalue weighted by Crippen LogP contribution is 2.42. The zero-order valence-corrected chi connectivity index (χ0v) is 8.54. The summed E-state index contributed by atoms with van der Waals surface area (Å²) in [6.45, 7) is 4.23. The normalized spacial score (nSPS) is 37.4. The van der Waals surface area contributed by atoms with Gasteiger partial charge in [0.25, 0.3) is 0 Å². The van der Waals surface area contributed by atoms with Gasteiger partial charge in [-0.2, -0.15) is 0 Å². The van der Waals surface area contributed by atoms with E-state index in [-0.39, 0.29) is 0 Å². The lowest BCUT2D eigenvalue weighted by molar-refractivity contribution is 0.0610. The molecule has 1 aliphatic heterocycles. The van der Waals surface area contributed by atoms with Crippen LogP contribution in [0, 0.1) is 17.8 Å². The Balaban J connectivity index is 1.70. The van der Waals surface area contributed by atoms with Crippen molar-refractivity contribution >= 4 is 0 Å². The second kappa shape index (κ2) is 3.97. The van der Waals surface area contributed by atoms with Crippen molar-refractivity contribution in [3.8, 4) is 0 Å². The van der Waals surface area contributed by atoms with Gasteiger partial charge in [-0.05, 0) is 43.4 Å². The molecule has 0 radical (unpaired) electrons. The van der Waals surface area contributed by atoms with Crippen molar-refractivity contribution in [1.29, 1.82) is 0 Å². The fourth-order valence-electron chi connectivity index (χ4n) is 2.49. The quantitative estimate of drug-likeness (QED) is 0.724. The maximum absolute atomic E-state index is 6.16. The van der Waals surface area contributed by atoms with Crippen molar-refractivity contribution in [2.45, 2.75) is 38.6 Å². The fraction of sp³-hybridized carbons (Fsp3) is 1.00. The van der Waals surface area contributed by atoms with Gasteiger partial charge in [0.15, 0.2) is 0 Å². The fourth-order valence-corrected chi connectivity index (χ4v) is 2.49. The summed E-state index contributed by atoms with van der Waals surface area (Å²) in [5.41, 5.74) is 6.16. The van der Waals surface area contributed by atoms with E-state index in [1.807, 2.05) is 0 Å². The molecule has 0 bridgehead atoms. The highest BCUT2D eigenvalue weighted by atomic mass is 16.5. The third-order valence-electron chi connectivity index (χ3n) is 3.67. The Morgan fingerprint density at radius 2 is 2.00 bits per heavy atom. The number of hydrogen-bond donors (Lipinski definition) is 1. The summed E-state index contributed by atoms with van der Waals surface area (Å²) in [4.78, 5) is 0. The molecule has 0 amide bonds. The first kappa shape index (κ1) is 9.47. The Kier molecular flexibility index (Phi) is 2.89. The molecule has 2 nitrogen and oxygen atoms in total. The number of ether oxygens (including phenoxy) is 1. The van der Waals surface area contributed by atoms with Crippen LogP contribution in [0.2, 0.25) is 0 Å². The molecule has 2 aliphatic rings. The molecule has 1 saturated heterocycles. The van der Waals surface area contributed by atoms with Gasteiger partial charge in [0.1, 0.15) is 0 Å². The molecule has 76 valence electrons. The maximum Gasteiger partial charge on any atom is 0.0468 e. The number of rotatable bonds is 3. The summed E-state index contributed by atoms with van der Waals surface area (Å²) in [5, 5.41) is 0. The standard InChI is InChI=1S/C11H21NO/c1-8-6-10(8)11(12)7-9-2-4-13-5-3-9/h8-11H,2-7,12H2,1H3. The summed E-state index contributed by atoms with van der Waals surface area (Å²) >= 11 is 0. The summed E-state index contributed by atoms with van der Waals surface area (Å²) in [5.74, 6) is 2.58. The molecular weight excluding hydrogens is 162 g/mol. The van der Waals surface area contributed by atoms with Crippen LogP contribution < -0.4 is 5.73 Å². The van der Waals surface area contributed by atoms with Crippen molar-refractivity contribution in [3.63, 3.8) is 0 Å². The molecule has 2 N–H and O–H groups in total. The van der Waals surface area contributed by atoms with Gasteiger partial charge in [-0.3, -0.25) is 0 Å². The summed E-state index contributed by atoms with van der Waals surface area (Å²) in [6, 6.07) is 0.470. The van der Waals surface area contributed by atoms with Crippen molar-refractivity contribution in [1.82, 2.24) is 0 Å². The van der Waals surface area contributed by atoms with Gasteiger partial charge in [-0.25, -0.2) is 0 Å². The third-order valence-corrected chi connectivity index (χ3v) is 3.67. The second-order valence-electron chi connectivity index (χ2n) is 4.83. The topological polar surface area (TPSA) is 35.2 Å². The lowest BCUT2D eigenvalue weighted by Crippen LogP contribution is -2.29. The molecule has 1 aliphatic carbocycles. The Morgan fingerprint density at radius 1 is 1.38 bits per heavy atom. The van der Waals surface area contributed by atoms with Gasteiger partial charge >= 0.3 is 0 Å². The van der Waals surface area contributed by atoms with Crippen LogP contribution in [-0.2, 0) is 4.74 Å². The lowest BCUT2D eigenvalue weighted by Gasteiger charge is -2.24. The predicted octanol–water partition coefficient (Wildman–Crippen LogP) is 1.79. The SMILES string of the molecule is CC1CC1C(N)CC1CCOCC1. The van der Waals surface area contributed by atoms with Crippen LogP contribution in [0.5, 0.6) is 0 Å². The molecule has 0 spiro atoms. The maximum atomic E-state index is 6.16. The molecule has 0 aromatic carbocycles. The number of nitrogens with two attached hydrogens (primary N) is 1. The largest absolute Gasteiger partial charge is 0.381 e. The van der Waals surface area contributed by atoms with Crippen molar-refractivity contribution < 1.29 is 4.74 Å². The smallest absolute Gasteiger partial charge is 0.0468 e. The van der Waals surface area contributed by atoms with Gasteiger partial charge in [0.05, 0.1) is 0 Å². The van der Waals surface area contributed by atoms with E-state index >= 15 is 0 Å². The van der Waals surface area contributed by atoms with Gasteiger partial charge in [-0.15, -0.1) is 0 Å². The third kappa shape index (κ3) is 2.44. The summed E-state index contributed by atoms with van der Waals surface area (Å²) in [7, 11) is 0. The Labute approximate surface area is 80.8 Å². The minimum absolute atomic E-state index is 0.470. The molecule has 2 fully saturated rings. The van der Waals surface area contributed by atoms with Gasteiger partial charge < -0.3 is 10.5 Å². The average Bonchev–Trinajstić information content (AvgIpc) is 2.84. The van der Waals surface area contributed by atoms with E-state index in [0.717, 1.165) is 31.0 Å². The molecule has 3 atom stereocenters. The minimum Gasteiger partial charge on any atom is -0.381 e. The Bertz CT molecular complexity index is 165. The van der Waals surface area contributed by atoms with Crippen molar-refractivity contribution in [3.05, 3.63) is 0 Å². The van der Waals surface area contributed by atoms with Crippen LogP contribution in [0.15, 0.2) is 0 Å². The van der Waals surface area contributed by atoms with Crippen LogP contribution in [0.4, 0.5) is 0 Å². The van der Waals surface area contributed by atoms with Crippen LogP contribution in [0.1, 0.15) is 32.6 Å². The molecule has 1 heterocycles. The first-order valence-electron chi connectivity index (χ1n) is 5.60. The van der Waals surface area contributed by atoms with E-state index in [9.17, 15) is 0 Å². The lowest BCUT2D eigenvalue weighted by atomic mass is 9.91. The van der Waals surface area contributed by atoms with Crippen molar-refractivity contribution in [2.75, 3.05) is 13.2 Å². The molecule has 0 aromatic heterocycles. The molecule has 0 aromatic rings. The molecule has 13 heavy (non-hydrogen) atoms. The first-order chi connectivity index (χ1) is 6.27. The van der Waals surface area contributed by atoms with E-state index in [0.29, 0.717) is 6.04 Å². The van der Waals surface area contributed by atoms with Crippen LogP contribution in [-0.4, -0.2) is 19.3 Å². The van der Waals surface area contributed by atoms with Gasteiger partial charge in [0.2, 0.25) is 0 Å². The van der Waals surface area contributed by atoms with E-state index in [1.165, 1.54) is 25.7 Å². The highest BCUT2D eigenvalue weighted by molar-refractivity contribution is 4.91.